The summed E-state index contributed by atoms with van der Waals surface area (Å²) >= 11 is 7.63. The number of benzene rings is 1. The summed E-state index contributed by atoms with van der Waals surface area (Å²) in [6, 6.07) is 7.76. The Balaban J connectivity index is 1.96. The lowest BCUT2D eigenvalue weighted by molar-refractivity contribution is -0.116. The molecule has 1 N–H and O–H groups in total. The van der Waals surface area contributed by atoms with Gasteiger partial charge in [-0.25, -0.2) is 4.98 Å². The van der Waals surface area contributed by atoms with Crippen molar-refractivity contribution >= 4 is 34.0 Å². The van der Waals surface area contributed by atoms with Crippen LogP contribution in [0.15, 0.2) is 30.5 Å². The molecule has 0 saturated carbocycles. The van der Waals surface area contributed by atoms with Crippen LogP contribution < -0.4 is 5.32 Å². The molecule has 106 valence electrons. The van der Waals surface area contributed by atoms with Crippen LogP contribution in [0.25, 0.3) is 0 Å². The molecule has 1 aromatic heterocycles. The molecule has 2 rings (SSSR count). The summed E-state index contributed by atoms with van der Waals surface area (Å²) in [5, 5.41) is 4.25. The number of hydrogen-bond donors (Lipinski definition) is 1. The van der Waals surface area contributed by atoms with Crippen LogP contribution in [-0.4, -0.2) is 10.9 Å². The summed E-state index contributed by atoms with van der Waals surface area (Å²) < 4.78 is 0. The highest BCUT2D eigenvalue weighted by Gasteiger charge is 2.08. The van der Waals surface area contributed by atoms with Gasteiger partial charge in [0.1, 0.15) is 0 Å². The molecule has 0 saturated heterocycles. The Morgan fingerprint density at radius 2 is 2.20 bits per heavy atom. The van der Waals surface area contributed by atoms with E-state index in [2.05, 4.69) is 17.2 Å². The highest BCUT2D eigenvalue weighted by atomic mass is 35.5. The van der Waals surface area contributed by atoms with E-state index in [9.17, 15) is 4.79 Å². The number of carbonyl (C=O) groups is 1. The molecule has 0 spiro atoms. The number of halogens is 1. The average Bonchev–Trinajstić information content (AvgIpc) is 2.86. The molecule has 1 heterocycles. The van der Waals surface area contributed by atoms with Crippen LogP contribution in [0.4, 0.5) is 5.13 Å². The minimum atomic E-state index is 0.0329. The van der Waals surface area contributed by atoms with Crippen LogP contribution >= 0.6 is 22.9 Å². The van der Waals surface area contributed by atoms with Gasteiger partial charge in [-0.05, 0) is 18.1 Å². The molecule has 0 aliphatic carbocycles. The summed E-state index contributed by atoms with van der Waals surface area (Å²) in [5.41, 5.74) is 1.07. The molecule has 0 aliphatic rings. The average molecular weight is 309 g/mol. The standard InChI is InChI=1S/C15H17ClN2OS/c1-2-3-8-14(19)18-15-17-10-12(20-15)9-11-6-4-5-7-13(11)16/h4-7,10H,2-3,8-9H2,1H3,(H,17,18,19). The first-order valence-electron chi connectivity index (χ1n) is 6.67. The summed E-state index contributed by atoms with van der Waals surface area (Å²) in [5.74, 6) is 0.0329. The van der Waals surface area contributed by atoms with E-state index in [1.807, 2.05) is 24.3 Å². The smallest absolute Gasteiger partial charge is 0.226 e. The van der Waals surface area contributed by atoms with Crippen LogP contribution in [0, 0.1) is 0 Å². The number of nitrogens with one attached hydrogen (secondary N) is 1. The Labute approximate surface area is 128 Å². The molecule has 0 fully saturated rings. The molecular weight excluding hydrogens is 292 g/mol. The molecule has 1 aromatic carbocycles. The first-order valence-corrected chi connectivity index (χ1v) is 7.86. The Morgan fingerprint density at radius 3 is 2.95 bits per heavy atom. The van der Waals surface area contributed by atoms with E-state index in [1.54, 1.807) is 6.20 Å². The van der Waals surface area contributed by atoms with Gasteiger partial charge in [-0.15, -0.1) is 11.3 Å². The molecule has 0 atom stereocenters. The van der Waals surface area contributed by atoms with Crippen LogP contribution in [0.2, 0.25) is 5.02 Å². The molecule has 1 amide bonds. The molecule has 0 bridgehead atoms. The monoisotopic (exact) mass is 308 g/mol. The Bertz CT molecular complexity index is 583. The highest BCUT2D eigenvalue weighted by Crippen LogP contribution is 2.24. The molecular formula is C15H17ClN2OS. The number of carbonyl (C=O) groups excluding carboxylic acids is 1. The largest absolute Gasteiger partial charge is 0.302 e. The van der Waals surface area contributed by atoms with Crippen molar-refractivity contribution in [2.24, 2.45) is 0 Å². The Kier molecular flexibility index (Phi) is 5.56. The molecule has 5 heteroatoms. The van der Waals surface area contributed by atoms with E-state index in [0.717, 1.165) is 34.7 Å². The summed E-state index contributed by atoms with van der Waals surface area (Å²) in [6.45, 7) is 2.07. The van der Waals surface area contributed by atoms with Gasteiger partial charge in [-0.3, -0.25) is 4.79 Å². The number of nitrogens with zero attached hydrogens (tertiary/aromatic N) is 1. The summed E-state index contributed by atoms with van der Waals surface area (Å²) in [7, 11) is 0. The lowest BCUT2D eigenvalue weighted by atomic mass is 10.1. The topological polar surface area (TPSA) is 42.0 Å². The second kappa shape index (κ2) is 7.41. The Hall–Kier alpha value is -1.39. The zero-order valence-corrected chi connectivity index (χ0v) is 12.9. The number of hydrogen-bond acceptors (Lipinski definition) is 3. The zero-order valence-electron chi connectivity index (χ0n) is 11.4. The highest BCUT2D eigenvalue weighted by molar-refractivity contribution is 7.15. The first kappa shape index (κ1) is 15.0. The van der Waals surface area contributed by atoms with Crippen molar-refractivity contribution in [1.82, 2.24) is 4.98 Å². The fourth-order valence-electron chi connectivity index (χ4n) is 1.80. The number of amides is 1. The number of aromatic nitrogens is 1. The molecule has 0 unspecified atom stereocenters. The maximum Gasteiger partial charge on any atom is 0.226 e. The fraction of sp³-hybridized carbons (Fsp3) is 0.333. The molecule has 0 radical (unpaired) electrons. The van der Waals surface area contributed by atoms with E-state index < -0.39 is 0 Å². The van der Waals surface area contributed by atoms with Gasteiger partial charge in [-0.1, -0.05) is 43.1 Å². The van der Waals surface area contributed by atoms with Gasteiger partial charge in [0, 0.05) is 28.9 Å². The van der Waals surface area contributed by atoms with E-state index in [-0.39, 0.29) is 5.91 Å². The van der Waals surface area contributed by atoms with Crippen LogP contribution in [-0.2, 0) is 11.2 Å². The summed E-state index contributed by atoms with van der Waals surface area (Å²) in [4.78, 5) is 16.9. The maximum atomic E-state index is 11.6. The van der Waals surface area contributed by atoms with E-state index in [1.165, 1.54) is 11.3 Å². The predicted octanol–water partition coefficient (Wildman–Crippen LogP) is 4.52. The van der Waals surface area contributed by atoms with Crippen molar-refractivity contribution in [2.75, 3.05) is 5.32 Å². The predicted molar refractivity (Wildman–Crippen MR) is 84.5 cm³/mol. The van der Waals surface area contributed by atoms with Crippen molar-refractivity contribution in [3.63, 3.8) is 0 Å². The minimum Gasteiger partial charge on any atom is -0.302 e. The van der Waals surface area contributed by atoms with Gasteiger partial charge < -0.3 is 5.32 Å². The van der Waals surface area contributed by atoms with Crippen LogP contribution in [0.1, 0.15) is 36.6 Å². The maximum absolute atomic E-state index is 11.6. The SMILES string of the molecule is CCCCC(=O)Nc1ncc(Cc2ccccc2Cl)s1. The Morgan fingerprint density at radius 1 is 1.40 bits per heavy atom. The van der Waals surface area contributed by atoms with Crippen LogP contribution in [0.3, 0.4) is 0 Å². The lowest BCUT2D eigenvalue weighted by Gasteiger charge is -2.01. The third kappa shape index (κ3) is 4.32. The molecule has 3 nitrogen and oxygen atoms in total. The van der Waals surface area contributed by atoms with Gasteiger partial charge >= 0.3 is 0 Å². The number of rotatable bonds is 6. The minimum absolute atomic E-state index is 0.0329. The van der Waals surface area contributed by atoms with Gasteiger partial charge in [-0.2, -0.15) is 0 Å². The number of unbranched alkanes of at least 4 members (excludes halogenated alkanes) is 1. The van der Waals surface area contributed by atoms with Crippen molar-refractivity contribution < 1.29 is 4.79 Å². The van der Waals surface area contributed by atoms with Gasteiger partial charge in [0.25, 0.3) is 0 Å². The van der Waals surface area contributed by atoms with E-state index >= 15 is 0 Å². The van der Waals surface area contributed by atoms with Gasteiger partial charge in [0.15, 0.2) is 5.13 Å². The lowest BCUT2D eigenvalue weighted by Crippen LogP contribution is -2.10. The molecule has 0 aliphatic heterocycles. The van der Waals surface area contributed by atoms with Crippen LogP contribution in [0.5, 0.6) is 0 Å². The van der Waals surface area contributed by atoms with Crippen molar-refractivity contribution in [3.8, 4) is 0 Å². The quantitative estimate of drug-likeness (QED) is 0.852. The fourth-order valence-corrected chi connectivity index (χ4v) is 2.85. The van der Waals surface area contributed by atoms with Crippen molar-refractivity contribution in [3.05, 3.63) is 45.9 Å². The second-order valence-corrected chi connectivity index (χ2v) is 6.07. The van der Waals surface area contributed by atoms with Crippen molar-refractivity contribution in [1.29, 1.82) is 0 Å². The molecule has 2 aromatic rings. The van der Waals surface area contributed by atoms with Gasteiger partial charge in [0.05, 0.1) is 0 Å². The van der Waals surface area contributed by atoms with E-state index in [0.29, 0.717) is 11.6 Å². The molecule has 20 heavy (non-hydrogen) atoms. The number of anilines is 1. The first-order chi connectivity index (χ1) is 9.69. The second-order valence-electron chi connectivity index (χ2n) is 4.55. The summed E-state index contributed by atoms with van der Waals surface area (Å²) in [6.07, 6.45) is 5.01. The van der Waals surface area contributed by atoms with Crippen molar-refractivity contribution in [2.45, 2.75) is 32.6 Å². The van der Waals surface area contributed by atoms with E-state index in [4.69, 9.17) is 11.6 Å². The number of thiazole rings is 1. The third-order valence-corrected chi connectivity index (χ3v) is 4.16. The van der Waals surface area contributed by atoms with Gasteiger partial charge in [0.2, 0.25) is 5.91 Å². The zero-order chi connectivity index (χ0) is 14.4. The normalized spacial score (nSPS) is 10.5. The third-order valence-electron chi connectivity index (χ3n) is 2.88.